The molecule has 0 bridgehead atoms. The minimum absolute atomic E-state index is 0.213. The van der Waals surface area contributed by atoms with Crippen LogP contribution in [0.2, 0.25) is 0 Å². The Labute approximate surface area is 112 Å². The van der Waals surface area contributed by atoms with Crippen molar-refractivity contribution in [2.75, 3.05) is 13.6 Å². The van der Waals surface area contributed by atoms with Crippen LogP contribution >= 0.6 is 0 Å². The molecule has 0 radical (unpaired) electrons. The van der Waals surface area contributed by atoms with Crippen molar-refractivity contribution in [2.24, 2.45) is 0 Å². The van der Waals surface area contributed by atoms with Crippen LogP contribution in [0.1, 0.15) is 32.6 Å². The Morgan fingerprint density at radius 3 is 2.63 bits per heavy atom. The van der Waals surface area contributed by atoms with Gasteiger partial charge in [0.2, 0.25) is 5.91 Å². The molecular formula is C12H21N3O4. The third kappa shape index (κ3) is 3.84. The molecule has 7 nitrogen and oxygen atoms in total. The van der Waals surface area contributed by atoms with Crippen LogP contribution in [-0.2, 0) is 9.59 Å². The van der Waals surface area contributed by atoms with Gasteiger partial charge in [-0.25, -0.2) is 9.59 Å². The van der Waals surface area contributed by atoms with Crippen LogP contribution < -0.4 is 10.6 Å². The van der Waals surface area contributed by atoms with Gasteiger partial charge < -0.3 is 20.6 Å². The lowest BCUT2D eigenvalue weighted by Gasteiger charge is -2.25. The lowest BCUT2D eigenvalue weighted by molar-refractivity contribution is -0.139. The molecule has 0 aliphatic carbocycles. The van der Waals surface area contributed by atoms with Gasteiger partial charge in [-0.1, -0.05) is 13.3 Å². The van der Waals surface area contributed by atoms with Gasteiger partial charge in [0, 0.05) is 13.6 Å². The first kappa shape index (κ1) is 15.3. The van der Waals surface area contributed by atoms with Crippen molar-refractivity contribution < 1.29 is 19.5 Å². The van der Waals surface area contributed by atoms with E-state index in [2.05, 4.69) is 10.6 Å². The molecule has 1 aliphatic rings. The maximum Gasteiger partial charge on any atom is 0.326 e. The van der Waals surface area contributed by atoms with Crippen LogP contribution in [0.25, 0.3) is 0 Å². The molecule has 0 saturated carbocycles. The van der Waals surface area contributed by atoms with Crippen molar-refractivity contribution in [3.63, 3.8) is 0 Å². The maximum absolute atomic E-state index is 12.0. The van der Waals surface area contributed by atoms with E-state index in [9.17, 15) is 14.4 Å². The van der Waals surface area contributed by atoms with E-state index in [1.165, 1.54) is 11.9 Å². The van der Waals surface area contributed by atoms with Crippen molar-refractivity contribution >= 4 is 17.9 Å². The largest absolute Gasteiger partial charge is 0.480 e. The van der Waals surface area contributed by atoms with Gasteiger partial charge in [0.25, 0.3) is 0 Å². The monoisotopic (exact) mass is 271 g/mol. The first-order valence-corrected chi connectivity index (χ1v) is 6.52. The van der Waals surface area contributed by atoms with E-state index in [1.807, 2.05) is 6.92 Å². The molecule has 1 fully saturated rings. The van der Waals surface area contributed by atoms with E-state index in [-0.39, 0.29) is 5.91 Å². The summed E-state index contributed by atoms with van der Waals surface area (Å²) in [6.45, 7) is 2.33. The third-order valence-corrected chi connectivity index (χ3v) is 3.24. The number of amides is 3. The van der Waals surface area contributed by atoms with Crippen LogP contribution in [0.4, 0.5) is 4.79 Å². The van der Waals surface area contributed by atoms with Crippen LogP contribution in [-0.4, -0.2) is 53.6 Å². The Hall–Kier alpha value is -1.79. The smallest absolute Gasteiger partial charge is 0.326 e. The minimum atomic E-state index is -1.05. The summed E-state index contributed by atoms with van der Waals surface area (Å²) in [5, 5.41) is 14.0. The van der Waals surface area contributed by atoms with Gasteiger partial charge in [-0.05, 0) is 19.3 Å². The lowest BCUT2D eigenvalue weighted by atomic mass is 10.1. The molecule has 1 rings (SSSR count). The number of carboxylic acid groups (broad SMARTS) is 1. The summed E-state index contributed by atoms with van der Waals surface area (Å²) >= 11 is 0. The van der Waals surface area contributed by atoms with Crippen LogP contribution in [0, 0.1) is 0 Å². The molecular weight excluding hydrogens is 250 g/mol. The van der Waals surface area contributed by atoms with E-state index in [4.69, 9.17) is 5.11 Å². The normalized spacial score (nSPS) is 19.9. The predicted molar refractivity (Wildman–Crippen MR) is 68.7 cm³/mol. The maximum atomic E-state index is 12.0. The minimum Gasteiger partial charge on any atom is -0.480 e. The number of likely N-dealkylation sites (N-methyl/N-ethyl adjacent to an activating group) is 1. The number of rotatable bonds is 5. The second-order valence-corrected chi connectivity index (χ2v) is 4.59. The molecule has 108 valence electrons. The molecule has 0 aromatic rings. The molecule has 2 atom stereocenters. The summed E-state index contributed by atoms with van der Waals surface area (Å²) < 4.78 is 0. The van der Waals surface area contributed by atoms with Gasteiger partial charge in [-0.2, -0.15) is 0 Å². The number of carbonyl (C=O) groups excluding carboxylic acids is 2. The zero-order chi connectivity index (χ0) is 14.4. The molecule has 7 heteroatoms. The highest BCUT2D eigenvalue weighted by Gasteiger charge is 2.34. The first-order valence-electron chi connectivity index (χ1n) is 6.52. The van der Waals surface area contributed by atoms with E-state index in [1.54, 1.807) is 0 Å². The summed E-state index contributed by atoms with van der Waals surface area (Å²) in [6.07, 6.45) is 2.39. The molecule has 1 heterocycles. The molecule has 3 amide bonds. The van der Waals surface area contributed by atoms with Crippen molar-refractivity contribution in [1.82, 2.24) is 15.5 Å². The number of hydrogen-bond acceptors (Lipinski definition) is 3. The van der Waals surface area contributed by atoms with Crippen molar-refractivity contribution in [2.45, 2.75) is 44.7 Å². The van der Waals surface area contributed by atoms with E-state index < -0.39 is 24.1 Å². The number of hydrogen-bond donors (Lipinski definition) is 3. The summed E-state index contributed by atoms with van der Waals surface area (Å²) in [7, 11) is 1.52. The second-order valence-electron chi connectivity index (χ2n) is 4.59. The summed E-state index contributed by atoms with van der Waals surface area (Å²) in [5.74, 6) is -1.26. The zero-order valence-corrected chi connectivity index (χ0v) is 11.3. The zero-order valence-electron chi connectivity index (χ0n) is 11.3. The number of aliphatic carboxylic acids is 1. The molecule has 1 saturated heterocycles. The molecule has 0 spiro atoms. The van der Waals surface area contributed by atoms with Gasteiger partial charge in [-0.3, -0.25) is 4.79 Å². The highest BCUT2D eigenvalue weighted by atomic mass is 16.4. The molecule has 1 aliphatic heterocycles. The standard InChI is InChI=1S/C12H21N3O4/c1-3-5-8(11(17)18)14-12(19)15-7-4-6-9(15)10(16)13-2/h8-9H,3-7H2,1-2H3,(H,13,16)(H,14,19)(H,17,18). The van der Waals surface area contributed by atoms with E-state index in [0.717, 1.165) is 6.42 Å². The number of carboxylic acids is 1. The predicted octanol–water partition coefficient (Wildman–Crippen LogP) is 0.160. The topological polar surface area (TPSA) is 98.7 Å². The Balaban J connectivity index is 2.65. The van der Waals surface area contributed by atoms with Gasteiger partial charge in [0.15, 0.2) is 0 Å². The highest BCUT2D eigenvalue weighted by Crippen LogP contribution is 2.17. The molecule has 19 heavy (non-hydrogen) atoms. The SMILES string of the molecule is CCCC(NC(=O)N1CCCC1C(=O)NC)C(=O)O. The number of likely N-dealkylation sites (tertiary alicyclic amines) is 1. The average molecular weight is 271 g/mol. The fourth-order valence-electron chi connectivity index (χ4n) is 2.23. The number of carbonyl (C=O) groups is 3. The van der Waals surface area contributed by atoms with E-state index >= 15 is 0 Å². The molecule has 3 N–H and O–H groups in total. The van der Waals surface area contributed by atoms with Gasteiger partial charge in [0.1, 0.15) is 12.1 Å². The van der Waals surface area contributed by atoms with Crippen molar-refractivity contribution in [3.05, 3.63) is 0 Å². The molecule has 0 aromatic carbocycles. The Morgan fingerprint density at radius 1 is 1.42 bits per heavy atom. The van der Waals surface area contributed by atoms with Gasteiger partial charge in [-0.15, -0.1) is 0 Å². The van der Waals surface area contributed by atoms with Gasteiger partial charge in [0.05, 0.1) is 0 Å². The quantitative estimate of drug-likeness (QED) is 0.663. The summed E-state index contributed by atoms with van der Waals surface area (Å²) in [4.78, 5) is 36.1. The lowest BCUT2D eigenvalue weighted by Crippen LogP contribution is -2.52. The second kappa shape index (κ2) is 6.96. The Bertz CT molecular complexity index is 359. The van der Waals surface area contributed by atoms with Crippen LogP contribution in [0.5, 0.6) is 0 Å². The summed E-state index contributed by atoms with van der Waals surface area (Å²) in [5.41, 5.74) is 0. The van der Waals surface area contributed by atoms with Gasteiger partial charge >= 0.3 is 12.0 Å². The number of nitrogens with one attached hydrogen (secondary N) is 2. The third-order valence-electron chi connectivity index (χ3n) is 3.24. The summed E-state index contributed by atoms with van der Waals surface area (Å²) in [6, 6.07) is -1.88. The van der Waals surface area contributed by atoms with Crippen LogP contribution in [0.3, 0.4) is 0 Å². The highest BCUT2D eigenvalue weighted by molar-refractivity contribution is 5.89. The van der Waals surface area contributed by atoms with Crippen LogP contribution in [0.15, 0.2) is 0 Å². The Kier molecular flexibility index (Phi) is 5.59. The van der Waals surface area contributed by atoms with Crippen molar-refractivity contribution in [3.8, 4) is 0 Å². The Morgan fingerprint density at radius 2 is 2.11 bits per heavy atom. The van der Waals surface area contributed by atoms with E-state index in [0.29, 0.717) is 25.8 Å². The fourth-order valence-corrected chi connectivity index (χ4v) is 2.23. The fraction of sp³-hybridized carbons (Fsp3) is 0.750. The van der Waals surface area contributed by atoms with Crippen molar-refractivity contribution in [1.29, 1.82) is 0 Å². The average Bonchev–Trinajstić information content (AvgIpc) is 2.86. The molecule has 0 aromatic heterocycles. The number of nitrogens with zero attached hydrogens (tertiary/aromatic N) is 1. The number of urea groups is 1. The molecule has 2 unspecified atom stereocenters. The first-order chi connectivity index (χ1) is 9.01.